The normalized spacial score (nSPS) is 12.0. The van der Waals surface area contributed by atoms with E-state index in [4.69, 9.17) is 4.74 Å². The van der Waals surface area contributed by atoms with E-state index >= 15 is 0 Å². The smallest absolute Gasteiger partial charge is 0.206 e. The number of benzene rings is 4. The molecule has 0 radical (unpaired) electrons. The van der Waals surface area contributed by atoms with Crippen molar-refractivity contribution in [2.45, 2.75) is 48.8 Å². The van der Waals surface area contributed by atoms with Gasteiger partial charge in [0.25, 0.3) is 0 Å². The van der Waals surface area contributed by atoms with Crippen LogP contribution in [0.1, 0.15) is 50.3 Å². The maximum atomic E-state index is 12.8. The highest BCUT2D eigenvalue weighted by atomic mass is 32.2. The third-order valence-electron chi connectivity index (χ3n) is 6.30. The summed E-state index contributed by atoms with van der Waals surface area (Å²) in [6, 6.07) is 31.9. The van der Waals surface area contributed by atoms with Crippen molar-refractivity contribution in [3.63, 3.8) is 0 Å². The van der Waals surface area contributed by atoms with Gasteiger partial charge in [-0.25, -0.2) is 8.42 Å². The first-order chi connectivity index (χ1) is 16.2. The van der Waals surface area contributed by atoms with Gasteiger partial charge in [-0.15, -0.1) is 0 Å². The zero-order valence-electron chi connectivity index (χ0n) is 20.0. The van der Waals surface area contributed by atoms with Gasteiger partial charge in [-0.1, -0.05) is 82.3 Å². The van der Waals surface area contributed by atoms with Crippen molar-refractivity contribution < 1.29 is 13.2 Å². The standard InChI is InChI=1S/C30H30O3S/c1-22(2)23-10-12-24(13-11-23)30(3,4)25-14-16-26(17-15-25)33-27-18-20-29(21-19-27)34(31,32)28-8-6-5-7-9-28/h5-22H,1-4H3. The minimum absolute atomic E-state index is 0.137. The lowest BCUT2D eigenvalue weighted by Gasteiger charge is -2.27. The van der Waals surface area contributed by atoms with E-state index in [1.54, 1.807) is 54.6 Å². The molecule has 0 aromatic heterocycles. The summed E-state index contributed by atoms with van der Waals surface area (Å²) in [6.07, 6.45) is 0. The minimum atomic E-state index is -3.54. The lowest BCUT2D eigenvalue weighted by atomic mass is 9.77. The monoisotopic (exact) mass is 470 g/mol. The summed E-state index contributed by atoms with van der Waals surface area (Å²) in [5.74, 6) is 1.80. The van der Waals surface area contributed by atoms with Crippen LogP contribution in [-0.4, -0.2) is 8.42 Å². The van der Waals surface area contributed by atoms with Gasteiger partial charge in [0.1, 0.15) is 11.5 Å². The van der Waals surface area contributed by atoms with Gasteiger partial charge in [-0.3, -0.25) is 0 Å². The van der Waals surface area contributed by atoms with Crippen LogP contribution in [0.15, 0.2) is 113 Å². The Bertz CT molecular complexity index is 1340. The molecule has 174 valence electrons. The van der Waals surface area contributed by atoms with Crippen LogP contribution >= 0.6 is 0 Å². The number of rotatable bonds is 7. The summed E-state index contributed by atoms with van der Waals surface area (Å²) >= 11 is 0. The van der Waals surface area contributed by atoms with Crippen LogP contribution in [0.2, 0.25) is 0 Å². The van der Waals surface area contributed by atoms with E-state index in [1.165, 1.54) is 16.7 Å². The van der Waals surface area contributed by atoms with E-state index in [-0.39, 0.29) is 15.2 Å². The second-order valence-electron chi connectivity index (χ2n) is 9.32. The molecule has 0 amide bonds. The lowest BCUT2D eigenvalue weighted by Crippen LogP contribution is -2.18. The van der Waals surface area contributed by atoms with Crippen LogP contribution in [0.25, 0.3) is 0 Å². The van der Waals surface area contributed by atoms with E-state index < -0.39 is 9.84 Å². The molecule has 4 rings (SSSR count). The molecule has 0 aliphatic rings. The van der Waals surface area contributed by atoms with Gasteiger partial charge < -0.3 is 4.74 Å². The molecule has 0 atom stereocenters. The van der Waals surface area contributed by atoms with Crippen molar-refractivity contribution >= 4 is 9.84 Å². The summed E-state index contributed by atoms with van der Waals surface area (Å²) in [4.78, 5) is 0.521. The Labute approximate surface area is 203 Å². The summed E-state index contributed by atoms with van der Waals surface area (Å²) < 4.78 is 31.5. The first kappa shape index (κ1) is 23.8. The van der Waals surface area contributed by atoms with Crippen molar-refractivity contribution in [1.82, 2.24) is 0 Å². The quantitative estimate of drug-likeness (QED) is 0.277. The fourth-order valence-electron chi connectivity index (χ4n) is 3.95. The molecule has 0 heterocycles. The summed E-state index contributed by atoms with van der Waals surface area (Å²) in [6.45, 7) is 8.85. The predicted molar refractivity (Wildman–Crippen MR) is 138 cm³/mol. The SMILES string of the molecule is CC(C)c1ccc(C(C)(C)c2ccc(Oc3ccc(S(=O)(=O)c4ccccc4)cc3)cc2)cc1. The van der Waals surface area contributed by atoms with Crippen LogP contribution in [-0.2, 0) is 15.3 Å². The third-order valence-corrected chi connectivity index (χ3v) is 8.08. The first-order valence-corrected chi connectivity index (χ1v) is 13.0. The van der Waals surface area contributed by atoms with Gasteiger partial charge in [0, 0.05) is 5.41 Å². The Kier molecular flexibility index (Phi) is 6.63. The molecule has 0 N–H and O–H groups in total. The first-order valence-electron chi connectivity index (χ1n) is 11.5. The number of hydrogen-bond acceptors (Lipinski definition) is 3. The van der Waals surface area contributed by atoms with Gasteiger partial charge in [-0.05, 0) is 71.1 Å². The predicted octanol–water partition coefficient (Wildman–Crippen LogP) is 7.76. The Hall–Kier alpha value is -3.37. The fraction of sp³-hybridized carbons (Fsp3) is 0.200. The topological polar surface area (TPSA) is 43.4 Å². The van der Waals surface area contributed by atoms with Gasteiger partial charge in [0.05, 0.1) is 9.79 Å². The van der Waals surface area contributed by atoms with Crippen molar-refractivity contribution in [3.05, 3.63) is 120 Å². The van der Waals surface area contributed by atoms with Gasteiger partial charge >= 0.3 is 0 Å². The second kappa shape index (κ2) is 9.47. The highest BCUT2D eigenvalue weighted by molar-refractivity contribution is 7.91. The molecular formula is C30H30O3S. The Morgan fingerprint density at radius 3 is 1.56 bits per heavy atom. The van der Waals surface area contributed by atoms with E-state index in [0.717, 1.165) is 0 Å². The maximum absolute atomic E-state index is 12.8. The van der Waals surface area contributed by atoms with Crippen molar-refractivity contribution in [2.75, 3.05) is 0 Å². The Balaban J connectivity index is 1.48. The van der Waals surface area contributed by atoms with Crippen molar-refractivity contribution in [1.29, 1.82) is 0 Å². The summed E-state index contributed by atoms with van der Waals surface area (Å²) in [5, 5.41) is 0. The van der Waals surface area contributed by atoms with Gasteiger partial charge in [-0.2, -0.15) is 0 Å². The molecule has 3 nitrogen and oxygen atoms in total. The average molecular weight is 471 g/mol. The molecule has 34 heavy (non-hydrogen) atoms. The largest absolute Gasteiger partial charge is 0.457 e. The van der Waals surface area contributed by atoms with Gasteiger partial charge in [0.15, 0.2) is 0 Å². The molecule has 4 aromatic carbocycles. The summed E-state index contributed by atoms with van der Waals surface area (Å²) in [7, 11) is -3.54. The van der Waals surface area contributed by atoms with Crippen LogP contribution in [0.3, 0.4) is 0 Å². The average Bonchev–Trinajstić information content (AvgIpc) is 2.85. The highest BCUT2D eigenvalue weighted by Crippen LogP contribution is 2.34. The lowest BCUT2D eigenvalue weighted by molar-refractivity contribution is 0.481. The molecule has 0 aliphatic heterocycles. The van der Waals surface area contributed by atoms with E-state index in [1.807, 2.05) is 12.1 Å². The molecule has 4 aromatic rings. The molecular weight excluding hydrogens is 440 g/mol. The van der Waals surface area contributed by atoms with Gasteiger partial charge in [0.2, 0.25) is 9.84 Å². The second-order valence-corrected chi connectivity index (χ2v) is 11.3. The molecule has 0 aliphatic carbocycles. The molecule has 4 heteroatoms. The molecule has 0 saturated carbocycles. The third kappa shape index (κ3) is 4.92. The Morgan fingerprint density at radius 1 is 0.618 bits per heavy atom. The molecule has 0 fully saturated rings. The zero-order valence-corrected chi connectivity index (χ0v) is 20.8. The van der Waals surface area contributed by atoms with Crippen molar-refractivity contribution in [3.8, 4) is 11.5 Å². The van der Waals surface area contributed by atoms with Crippen LogP contribution < -0.4 is 4.74 Å². The van der Waals surface area contributed by atoms with E-state index in [9.17, 15) is 8.42 Å². The van der Waals surface area contributed by atoms with E-state index in [2.05, 4.69) is 64.1 Å². The van der Waals surface area contributed by atoms with Crippen LogP contribution in [0, 0.1) is 0 Å². The number of ether oxygens (including phenoxy) is 1. The Morgan fingerprint density at radius 2 is 1.06 bits per heavy atom. The molecule has 0 saturated heterocycles. The zero-order chi connectivity index (χ0) is 24.3. The molecule has 0 bridgehead atoms. The highest BCUT2D eigenvalue weighted by Gasteiger charge is 2.23. The van der Waals surface area contributed by atoms with Crippen molar-refractivity contribution in [2.24, 2.45) is 0 Å². The molecule has 0 spiro atoms. The fourth-order valence-corrected chi connectivity index (χ4v) is 5.23. The van der Waals surface area contributed by atoms with Crippen LogP contribution in [0.4, 0.5) is 0 Å². The maximum Gasteiger partial charge on any atom is 0.206 e. The minimum Gasteiger partial charge on any atom is -0.457 e. The number of sulfone groups is 1. The number of hydrogen-bond donors (Lipinski definition) is 0. The molecule has 0 unspecified atom stereocenters. The van der Waals surface area contributed by atoms with Crippen LogP contribution in [0.5, 0.6) is 11.5 Å². The van der Waals surface area contributed by atoms with E-state index in [0.29, 0.717) is 17.4 Å². The summed E-state index contributed by atoms with van der Waals surface area (Å²) in [5.41, 5.74) is 3.66.